The van der Waals surface area contributed by atoms with E-state index in [9.17, 15) is 14.4 Å². The Balaban J connectivity index is 1.83. The topological polar surface area (TPSA) is 146 Å². The average molecular weight is 631 g/mol. The number of nitrogens with one attached hydrogen (secondary N) is 3. The Bertz CT molecular complexity index is 1270. The minimum Gasteiger partial charge on any atom is -0.493 e. The van der Waals surface area contributed by atoms with Gasteiger partial charge >= 0.3 is 6.03 Å². The van der Waals surface area contributed by atoms with Crippen LogP contribution in [0.25, 0.3) is 0 Å². The van der Waals surface area contributed by atoms with E-state index in [-0.39, 0.29) is 42.9 Å². The smallest absolute Gasteiger partial charge is 0.314 e. The van der Waals surface area contributed by atoms with Crippen LogP contribution in [0.4, 0.5) is 4.79 Å². The Labute approximate surface area is 264 Å². The van der Waals surface area contributed by atoms with Crippen LogP contribution in [-0.4, -0.2) is 97.6 Å². The number of rotatable bonds is 15. The fourth-order valence-electron chi connectivity index (χ4n) is 5.33. The minimum absolute atomic E-state index is 0.235. The predicted octanol–water partition coefficient (Wildman–Crippen LogP) is 3.49. The van der Waals surface area contributed by atoms with Gasteiger partial charge in [0.25, 0.3) is 11.8 Å². The fourth-order valence-corrected chi connectivity index (χ4v) is 5.33. The van der Waals surface area contributed by atoms with Gasteiger partial charge in [-0.05, 0) is 37.1 Å². The Morgan fingerprint density at radius 3 is 1.78 bits per heavy atom. The molecule has 0 aliphatic carbocycles. The summed E-state index contributed by atoms with van der Waals surface area (Å²) in [6.45, 7) is 3.55. The van der Waals surface area contributed by atoms with E-state index in [0.29, 0.717) is 65.1 Å². The summed E-state index contributed by atoms with van der Waals surface area (Å²) in [5, 5.41) is 8.90. The number of nitrogens with zero attached hydrogens (tertiary/aromatic N) is 1. The molecule has 1 aliphatic heterocycles. The molecule has 248 valence electrons. The zero-order valence-corrected chi connectivity index (χ0v) is 27.2. The van der Waals surface area contributed by atoms with Crippen LogP contribution in [0.5, 0.6) is 34.5 Å². The quantitative estimate of drug-likeness (QED) is 0.252. The number of likely N-dealkylation sites (tertiary alicyclic amines) is 1. The first-order chi connectivity index (χ1) is 21.7. The molecule has 0 bridgehead atoms. The monoisotopic (exact) mass is 630 g/mol. The van der Waals surface area contributed by atoms with E-state index in [2.05, 4.69) is 22.9 Å². The Hall–Kier alpha value is -4.55. The number of carbonyl (C=O) groups excluding carboxylic acids is 3. The van der Waals surface area contributed by atoms with Crippen LogP contribution in [0.15, 0.2) is 24.3 Å². The van der Waals surface area contributed by atoms with Crippen molar-refractivity contribution in [3.05, 3.63) is 35.4 Å². The van der Waals surface area contributed by atoms with Crippen LogP contribution >= 0.6 is 0 Å². The van der Waals surface area contributed by atoms with Crippen molar-refractivity contribution >= 4 is 17.8 Å². The standard InChI is InChI=1S/C32H46N4O9/c1-8-9-10-12-33-32(39)34-18-22-19-36(31(38)21-16-26(42-4)29(45-7)27(17-21)43-5)13-11-23(22)35-30(37)20-14-24(40-2)28(44-6)25(15-20)41-3/h14-17,22-23H,8-13,18-19H2,1-7H3,(H,35,37)(H2,33,34,39)/t22-,23-/m0/s1. The van der Waals surface area contributed by atoms with E-state index in [0.717, 1.165) is 19.3 Å². The summed E-state index contributed by atoms with van der Waals surface area (Å²) in [6.07, 6.45) is 3.42. The largest absolute Gasteiger partial charge is 0.493 e. The molecule has 1 saturated heterocycles. The maximum Gasteiger partial charge on any atom is 0.314 e. The summed E-state index contributed by atoms with van der Waals surface area (Å²) in [4.78, 5) is 41.5. The van der Waals surface area contributed by atoms with Gasteiger partial charge in [-0.15, -0.1) is 0 Å². The summed E-state index contributed by atoms with van der Waals surface area (Å²) in [6, 6.07) is 5.74. The first-order valence-corrected chi connectivity index (χ1v) is 15.0. The molecular weight excluding hydrogens is 584 g/mol. The van der Waals surface area contributed by atoms with Gasteiger partial charge in [0, 0.05) is 49.3 Å². The van der Waals surface area contributed by atoms with E-state index in [1.807, 2.05) is 0 Å². The number of ether oxygens (including phenoxy) is 6. The summed E-state index contributed by atoms with van der Waals surface area (Å²) in [5.41, 5.74) is 0.686. The highest BCUT2D eigenvalue weighted by Crippen LogP contribution is 2.39. The molecule has 1 fully saturated rings. The van der Waals surface area contributed by atoms with Gasteiger partial charge in [0.2, 0.25) is 11.5 Å². The van der Waals surface area contributed by atoms with Crippen LogP contribution < -0.4 is 44.4 Å². The van der Waals surface area contributed by atoms with Gasteiger partial charge in [-0.2, -0.15) is 0 Å². The molecule has 2 atom stereocenters. The zero-order chi connectivity index (χ0) is 32.9. The van der Waals surface area contributed by atoms with Crippen molar-refractivity contribution in [3.63, 3.8) is 0 Å². The number of methoxy groups -OCH3 is 6. The lowest BCUT2D eigenvalue weighted by Gasteiger charge is -2.39. The Morgan fingerprint density at radius 2 is 1.29 bits per heavy atom. The Kier molecular flexibility index (Phi) is 13.3. The third kappa shape index (κ3) is 8.77. The first kappa shape index (κ1) is 34.9. The van der Waals surface area contributed by atoms with Gasteiger partial charge in [-0.1, -0.05) is 19.8 Å². The molecule has 0 spiro atoms. The predicted molar refractivity (Wildman–Crippen MR) is 168 cm³/mol. The molecule has 4 amide bonds. The maximum atomic E-state index is 13.7. The number of hydrogen-bond acceptors (Lipinski definition) is 9. The summed E-state index contributed by atoms with van der Waals surface area (Å²) in [7, 11) is 8.93. The van der Waals surface area contributed by atoms with Crippen LogP contribution in [-0.2, 0) is 0 Å². The van der Waals surface area contributed by atoms with Crippen molar-refractivity contribution in [2.45, 2.75) is 38.6 Å². The van der Waals surface area contributed by atoms with Gasteiger partial charge < -0.3 is 49.3 Å². The van der Waals surface area contributed by atoms with Crippen molar-refractivity contribution in [1.29, 1.82) is 0 Å². The van der Waals surface area contributed by atoms with Gasteiger partial charge in [-0.25, -0.2) is 4.79 Å². The molecule has 0 saturated carbocycles. The van der Waals surface area contributed by atoms with Crippen LogP contribution in [0.2, 0.25) is 0 Å². The second-order valence-corrected chi connectivity index (χ2v) is 10.6. The lowest BCUT2D eigenvalue weighted by molar-refractivity contribution is 0.0619. The molecule has 13 nitrogen and oxygen atoms in total. The van der Waals surface area contributed by atoms with E-state index in [1.54, 1.807) is 29.2 Å². The molecule has 3 rings (SSSR count). The van der Waals surface area contributed by atoms with Crippen LogP contribution in [0.1, 0.15) is 53.3 Å². The number of unbranched alkanes of at least 4 members (excludes halogenated alkanes) is 2. The summed E-state index contributed by atoms with van der Waals surface area (Å²) in [5.74, 6) is 1.32. The van der Waals surface area contributed by atoms with Gasteiger partial charge in [0.15, 0.2) is 23.0 Å². The summed E-state index contributed by atoms with van der Waals surface area (Å²) >= 11 is 0. The van der Waals surface area contributed by atoms with Crippen LogP contribution in [0.3, 0.4) is 0 Å². The molecule has 0 aromatic heterocycles. The summed E-state index contributed by atoms with van der Waals surface area (Å²) < 4.78 is 32.5. The van der Waals surface area contributed by atoms with E-state index in [1.165, 1.54) is 42.7 Å². The highest BCUT2D eigenvalue weighted by atomic mass is 16.5. The second-order valence-electron chi connectivity index (χ2n) is 10.6. The normalized spacial score (nSPS) is 15.8. The lowest BCUT2D eigenvalue weighted by atomic mass is 9.91. The molecule has 3 N–H and O–H groups in total. The highest BCUT2D eigenvalue weighted by molar-refractivity contribution is 5.97. The van der Waals surface area contributed by atoms with Crippen molar-refractivity contribution in [3.8, 4) is 34.5 Å². The van der Waals surface area contributed by atoms with Gasteiger partial charge in [0.05, 0.1) is 42.7 Å². The molecule has 1 aliphatic rings. The van der Waals surface area contributed by atoms with E-state index < -0.39 is 0 Å². The number of urea groups is 1. The number of hydrogen-bond donors (Lipinski definition) is 3. The average Bonchev–Trinajstić information content (AvgIpc) is 3.07. The molecular formula is C32H46N4O9. The van der Waals surface area contributed by atoms with E-state index in [4.69, 9.17) is 28.4 Å². The molecule has 13 heteroatoms. The highest BCUT2D eigenvalue weighted by Gasteiger charge is 2.34. The van der Waals surface area contributed by atoms with Crippen molar-refractivity contribution in [2.75, 3.05) is 68.8 Å². The molecule has 2 aromatic carbocycles. The number of carbonyl (C=O) groups is 3. The van der Waals surface area contributed by atoms with Crippen LogP contribution in [0, 0.1) is 5.92 Å². The minimum atomic E-state index is -0.349. The second kappa shape index (κ2) is 17.1. The molecule has 0 unspecified atom stereocenters. The first-order valence-electron chi connectivity index (χ1n) is 15.0. The molecule has 45 heavy (non-hydrogen) atoms. The third-order valence-corrected chi connectivity index (χ3v) is 7.77. The Morgan fingerprint density at radius 1 is 0.756 bits per heavy atom. The molecule has 0 radical (unpaired) electrons. The van der Waals surface area contributed by atoms with Gasteiger partial charge in [0.1, 0.15) is 0 Å². The zero-order valence-electron chi connectivity index (χ0n) is 27.2. The van der Waals surface area contributed by atoms with Crippen molar-refractivity contribution in [1.82, 2.24) is 20.9 Å². The lowest BCUT2D eigenvalue weighted by Crippen LogP contribution is -2.56. The fraction of sp³-hybridized carbons (Fsp3) is 0.531. The van der Waals surface area contributed by atoms with Gasteiger partial charge in [-0.3, -0.25) is 9.59 Å². The SMILES string of the molecule is CCCCCNC(=O)NC[C@H]1CN(C(=O)c2cc(OC)c(OC)c(OC)c2)CC[C@@H]1NC(=O)c1cc(OC)c(OC)c(OC)c1. The molecule has 1 heterocycles. The van der Waals surface area contributed by atoms with Crippen molar-refractivity contribution < 1.29 is 42.8 Å². The van der Waals surface area contributed by atoms with Crippen molar-refractivity contribution in [2.24, 2.45) is 5.92 Å². The number of piperidine rings is 1. The number of benzene rings is 2. The number of amides is 4. The van der Waals surface area contributed by atoms with E-state index >= 15 is 0 Å². The maximum absolute atomic E-state index is 13.7. The third-order valence-electron chi connectivity index (χ3n) is 7.77. The molecule has 2 aromatic rings.